The maximum atomic E-state index is 4.60. The molecule has 0 spiro atoms. The van der Waals surface area contributed by atoms with Crippen LogP contribution >= 0.6 is 12.6 Å². The number of hydrogen-bond donors (Lipinski definition) is 1. The monoisotopic (exact) mass is 211 g/mol. The van der Waals surface area contributed by atoms with Gasteiger partial charge in [0, 0.05) is 5.92 Å². The van der Waals surface area contributed by atoms with Gasteiger partial charge in [-0.25, -0.2) is 0 Å². The predicted molar refractivity (Wildman–Crippen MR) is 65.1 cm³/mol. The number of hydrogen-bond acceptors (Lipinski definition) is 1. The predicted octanol–water partition coefficient (Wildman–Crippen LogP) is 3.55. The fraction of sp³-hybridized carbons (Fsp3) is 0.917. The van der Waals surface area contributed by atoms with Gasteiger partial charge in [-0.05, 0) is 43.9 Å². The molecule has 0 aromatic rings. The van der Waals surface area contributed by atoms with Crippen molar-refractivity contribution < 1.29 is 0 Å². The molecule has 1 nitrogen and oxygen atoms in total. The van der Waals surface area contributed by atoms with Crippen LogP contribution in [0.1, 0.15) is 46.0 Å². The Morgan fingerprint density at radius 3 is 2.50 bits per heavy atom. The Labute approximate surface area is 92.8 Å². The lowest BCUT2D eigenvalue weighted by atomic mass is 9.72. The summed E-state index contributed by atoms with van der Waals surface area (Å²) in [7, 11) is 0. The summed E-state index contributed by atoms with van der Waals surface area (Å²) < 4.78 is 0. The van der Waals surface area contributed by atoms with Crippen LogP contribution in [0, 0.1) is 17.8 Å². The Morgan fingerprint density at radius 2 is 2.00 bits per heavy atom. The molecule has 0 aromatic carbocycles. The normalized spacial score (nSPS) is 33.3. The molecule has 0 N–H and O–H groups in total. The molecule has 2 rings (SSSR count). The Balaban J connectivity index is 1.71. The van der Waals surface area contributed by atoms with Gasteiger partial charge in [-0.3, -0.25) is 4.99 Å². The number of thiol groups is 1. The molecular weight excluding hydrogens is 190 g/mol. The van der Waals surface area contributed by atoms with E-state index >= 15 is 0 Å². The van der Waals surface area contributed by atoms with Crippen LogP contribution in [0.5, 0.6) is 0 Å². The molecule has 0 saturated heterocycles. The van der Waals surface area contributed by atoms with Crippen molar-refractivity contribution in [1.82, 2.24) is 0 Å². The molecule has 2 aliphatic carbocycles. The fourth-order valence-corrected chi connectivity index (χ4v) is 2.68. The third-order valence-electron chi connectivity index (χ3n) is 3.27. The summed E-state index contributed by atoms with van der Waals surface area (Å²) in [5, 5.41) is 1.15. The van der Waals surface area contributed by atoms with Gasteiger partial charge in [-0.1, -0.05) is 13.8 Å². The molecule has 2 aliphatic rings. The second-order valence-corrected chi connectivity index (χ2v) is 5.84. The van der Waals surface area contributed by atoms with E-state index in [1.807, 2.05) is 0 Å². The first-order valence-electron chi connectivity index (χ1n) is 5.91. The summed E-state index contributed by atoms with van der Waals surface area (Å²) >= 11 is 4.52. The van der Waals surface area contributed by atoms with Gasteiger partial charge in [-0.2, -0.15) is 0 Å². The number of nitrogens with zero attached hydrogens (tertiary/aromatic N) is 1. The van der Waals surface area contributed by atoms with Gasteiger partial charge < -0.3 is 0 Å². The molecule has 2 saturated carbocycles. The van der Waals surface area contributed by atoms with E-state index in [9.17, 15) is 0 Å². The highest BCUT2D eigenvalue weighted by Gasteiger charge is 2.33. The van der Waals surface area contributed by atoms with Crippen LogP contribution in [0.4, 0.5) is 0 Å². The van der Waals surface area contributed by atoms with E-state index in [1.165, 1.54) is 32.1 Å². The van der Waals surface area contributed by atoms with Crippen molar-refractivity contribution in [3.05, 3.63) is 0 Å². The second-order valence-electron chi connectivity index (χ2n) is 5.38. The minimum absolute atomic E-state index is 0.645. The molecule has 0 atom stereocenters. The van der Waals surface area contributed by atoms with Crippen molar-refractivity contribution in [1.29, 1.82) is 0 Å². The Kier molecular flexibility index (Phi) is 3.20. The van der Waals surface area contributed by atoms with E-state index in [1.54, 1.807) is 0 Å². The largest absolute Gasteiger partial charge is 0.280 e. The molecular formula is C12H21NS. The molecule has 80 valence electrons. The van der Waals surface area contributed by atoms with E-state index in [2.05, 4.69) is 31.5 Å². The smallest absolute Gasteiger partial charge is 0.0680 e. The third-order valence-corrected chi connectivity index (χ3v) is 3.75. The zero-order valence-corrected chi connectivity index (χ0v) is 10.1. The first-order valence-corrected chi connectivity index (χ1v) is 6.36. The van der Waals surface area contributed by atoms with Gasteiger partial charge in [0.05, 0.1) is 11.1 Å². The van der Waals surface area contributed by atoms with Crippen molar-refractivity contribution in [2.45, 2.75) is 52.0 Å². The zero-order valence-electron chi connectivity index (χ0n) is 9.24. The molecule has 0 radical (unpaired) electrons. The third kappa shape index (κ3) is 2.75. The van der Waals surface area contributed by atoms with Crippen molar-refractivity contribution in [3.63, 3.8) is 0 Å². The second kappa shape index (κ2) is 4.26. The molecule has 14 heavy (non-hydrogen) atoms. The summed E-state index contributed by atoms with van der Waals surface area (Å²) in [5.41, 5.74) is 0. The molecule has 2 fully saturated rings. The van der Waals surface area contributed by atoms with E-state index in [0.717, 1.165) is 16.9 Å². The summed E-state index contributed by atoms with van der Waals surface area (Å²) in [6, 6.07) is 0.645. The average molecular weight is 211 g/mol. The van der Waals surface area contributed by atoms with Crippen LogP contribution in [0.25, 0.3) is 0 Å². The minimum atomic E-state index is 0.645. The minimum Gasteiger partial charge on any atom is -0.280 e. The number of aliphatic imine (C=N–C) groups is 1. The molecule has 2 heteroatoms. The highest BCUT2D eigenvalue weighted by Crippen LogP contribution is 2.40. The van der Waals surface area contributed by atoms with Crippen LogP contribution in [-0.2, 0) is 0 Å². The summed E-state index contributed by atoms with van der Waals surface area (Å²) in [6.07, 6.45) is 6.67. The maximum Gasteiger partial charge on any atom is 0.0680 e. The van der Waals surface area contributed by atoms with E-state index in [4.69, 9.17) is 0 Å². The van der Waals surface area contributed by atoms with Crippen LogP contribution in [0.2, 0.25) is 0 Å². The highest BCUT2D eigenvalue weighted by molar-refractivity contribution is 7.97. The van der Waals surface area contributed by atoms with Gasteiger partial charge in [0.25, 0.3) is 0 Å². The topological polar surface area (TPSA) is 12.4 Å². The Bertz CT molecular complexity index is 224. The highest BCUT2D eigenvalue weighted by atomic mass is 32.1. The van der Waals surface area contributed by atoms with Crippen LogP contribution in [0.3, 0.4) is 0 Å². The van der Waals surface area contributed by atoms with Crippen LogP contribution in [-0.4, -0.2) is 11.1 Å². The quantitative estimate of drug-likeness (QED) is 0.415. The summed E-state index contributed by atoms with van der Waals surface area (Å²) in [4.78, 5) is 4.60. The number of rotatable bonds is 4. The van der Waals surface area contributed by atoms with Crippen LogP contribution < -0.4 is 0 Å². The molecule has 0 bridgehead atoms. The van der Waals surface area contributed by atoms with Gasteiger partial charge >= 0.3 is 0 Å². The Hall–Kier alpha value is 0.0200. The molecule has 0 heterocycles. The first kappa shape index (κ1) is 10.5. The first-order chi connectivity index (χ1) is 6.65. The van der Waals surface area contributed by atoms with Crippen molar-refractivity contribution in [2.75, 3.05) is 0 Å². The lowest BCUT2D eigenvalue weighted by molar-refractivity contribution is 0.219. The van der Waals surface area contributed by atoms with Crippen molar-refractivity contribution >= 4 is 17.7 Å². The van der Waals surface area contributed by atoms with E-state index < -0.39 is 0 Å². The zero-order chi connectivity index (χ0) is 10.1. The SMILES string of the molecule is CC(C)C[C@H]1C[C@@H](/C(S)=N\C2CC2)C1. The standard InChI is InChI=1S/C12H21NS/c1-8(2)5-9-6-10(7-9)12(14)13-11-3-4-11/h8-11H,3-7H2,1-2H3,(H,13,14)/t9-,10+. The van der Waals surface area contributed by atoms with Gasteiger partial charge in [0.1, 0.15) is 0 Å². The van der Waals surface area contributed by atoms with Gasteiger partial charge in [0.2, 0.25) is 0 Å². The van der Waals surface area contributed by atoms with Crippen LogP contribution in [0.15, 0.2) is 4.99 Å². The molecule has 0 aromatic heterocycles. The van der Waals surface area contributed by atoms with Gasteiger partial charge in [-0.15, -0.1) is 12.6 Å². The lowest BCUT2D eigenvalue weighted by Crippen LogP contribution is -2.29. The molecule has 0 amide bonds. The molecule has 0 unspecified atom stereocenters. The summed E-state index contributed by atoms with van der Waals surface area (Å²) in [6.45, 7) is 4.63. The Morgan fingerprint density at radius 1 is 1.36 bits per heavy atom. The average Bonchev–Trinajstić information content (AvgIpc) is 2.78. The summed E-state index contributed by atoms with van der Waals surface area (Å²) in [5.74, 6) is 2.52. The molecule has 0 aliphatic heterocycles. The lowest BCUT2D eigenvalue weighted by Gasteiger charge is -2.36. The van der Waals surface area contributed by atoms with E-state index in [-0.39, 0.29) is 0 Å². The van der Waals surface area contributed by atoms with Crippen molar-refractivity contribution in [2.24, 2.45) is 22.7 Å². The van der Waals surface area contributed by atoms with Gasteiger partial charge in [0.15, 0.2) is 0 Å². The van der Waals surface area contributed by atoms with E-state index in [0.29, 0.717) is 12.0 Å². The maximum absolute atomic E-state index is 4.60. The fourth-order valence-electron chi connectivity index (χ4n) is 2.30. The van der Waals surface area contributed by atoms with Crippen molar-refractivity contribution in [3.8, 4) is 0 Å².